The maximum Gasteiger partial charge on any atom is 0.255 e. The van der Waals surface area contributed by atoms with Crippen molar-refractivity contribution in [3.05, 3.63) is 34.3 Å². The molecule has 0 bridgehead atoms. The lowest BCUT2D eigenvalue weighted by molar-refractivity contribution is 0.0747. The molecule has 0 saturated heterocycles. The highest BCUT2D eigenvalue weighted by molar-refractivity contribution is 9.10. The van der Waals surface area contributed by atoms with Crippen LogP contribution in [0.15, 0.2) is 28.7 Å². The summed E-state index contributed by atoms with van der Waals surface area (Å²) in [4.78, 5) is 14.8. The molecule has 0 radical (unpaired) electrons. The highest BCUT2D eigenvalue weighted by Gasteiger charge is 2.33. The number of carbonyl (C=O) groups excluding carboxylic acids is 1. The van der Waals surface area contributed by atoms with E-state index in [0.717, 1.165) is 17.3 Å². The molecule has 1 saturated carbocycles. The quantitative estimate of drug-likeness (QED) is 0.846. The molecular formula is C13H15BrN2OS. The van der Waals surface area contributed by atoms with Gasteiger partial charge in [-0.1, -0.05) is 24.4 Å². The Morgan fingerprint density at radius 2 is 2.11 bits per heavy atom. The predicted octanol–water partition coefficient (Wildman–Crippen LogP) is 2.73. The summed E-state index contributed by atoms with van der Waals surface area (Å²) in [5.41, 5.74) is 6.22. The lowest BCUT2D eigenvalue weighted by Crippen LogP contribution is -2.35. The molecule has 0 aliphatic heterocycles. The molecule has 1 aromatic carbocycles. The number of benzene rings is 1. The second-order valence-corrected chi connectivity index (χ2v) is 5.80. The van der Waals surface area contributed by atoms with Crippen LogP contribution in [0.2, 0.25) is 0 Å². The fourth-order valence-corrected chi connectivity index (χ4v) is 2.40. The lowest BCUT2D eigenvalue weighted by Gasteiger charge is -2.22. The average molecular weight is 327 g/mol. The van der Waals surface area contributed by atoms with Gasteiger partial charge in [-0.3, -0.25) is 4.79 Å². The molecule has 1 aliphatic carbocycles. The van der Waals surface area contributed by atoms with E-state index >= 15 is 0 Å². The van der Waals surface area contributed by atoms with Crippen molar-refractivity contribution in [3.8, 4) is 0 Å². The van der Waals surface area contributed by atoms with E-state index in [9.17, 15) is 4.79 Å². The minimum absolute atomic E-state index is 0.0567. The number of nitrogens with zero attached hydrogens (tertiary/aromatic N) is 1. The fourth-order valence-electron chi connectivity index (χ4n) is 1.86. The first-order valence-corrected chi connectivity index (χ1v) is 7.13. The van der Waals surface area contributed by atoms with E-state index in [1.54, 1.807) is 0 Å². The summed E-state index contributed by atoms with van der Waals surface area (Å²) >= 11 is 8.30. The molecule has 1 aromatic rings. The normalized spacial score (nSPS) is 14.3. The lowest BCUT2D eigenvalue weighted by atomic mass is 10.2. The molecule has 1 amide bonds. The highest BCUT2D eigenvalue weighted by atomic mass is 79.9. The van der Waals surface area contributed by atoms with E-state index in [0.29, 0.717) is 29.6 Å². The molecule has 2 rings (SSSR count). The Balaban J connectivity index is 2.13. The van der Waals surface area contributed by atoms with Crippen LogP contribution < -0.4 is 5.73 Å². The molecule has 1 aliphatic rings. The smallest absolute Gasteiger partial charge is 0.255 e. The van der Waals surface area contributed by atoms with Gasteiger partial charge in [0.2, 0.25) is 0 Å². The zero-order valence-corrected chi connectivity index (χ0v) is 12.3. The van der Waals surface area contributed by atoms with Crippen molar-refractivity contribution >= 4 is 39.0 Å². The number of nitrogens with two attached hydrogens (primary N) is 1. The summed E-state index contributed by atoms with van der Waals surface area (Å²) in [7, 11) is 0. The fraction of sp³-hybridized carbons (Fsp3) is 0.385. The van der Waals surface area contributed by atoms with Crippen LogP contribution in [0.3, 0.4) is 0 Å². The molecule has 0 atom stereocenters. The van der Waals surface area contributed by atoms with E-state index in [4.69, 9.17) is 18.0 Å². The molecule has 0 aromatic heterocycles. The molecule has 96 valence electrons. The van der Waals surface area contributed by atoms with Crippen molar-refractivity contribution in [2.45, 2.75) is 25.3 Å². The molecule has 1 fully saturated rings. The van der Waals surface area contributed by atoms with Gasteiger partial charge in [-0.05, 0) is 40.9 Å². The zero-order valence-electron chi connectivity index (χ0n) is 9.93. The Morgan fingerprint density at radius 3 is 2.67 bits per heavy atom. The highest BCUT2D eigenvalue weighted by Crippen LogP contribution is 2.29. The van der Waals surface area contributed by atoms with Crippen LogP contribution in [0.25, 0.3) is 0 Å². The van der Waals surface area contributed by atoms with Crippen molar-refractivity contribution in [2.75, 3.05) is 6.54 Å². The average Bonchev–Trinajstić information content (AvgIpc) is 3.13. The summed E-state index contributed by atoms with van der Waals surface area (Å²) in [5, 5.41) is 0. The maximum absolute atomic E-state index is 12.5. The van der Waals surface area contributed by atoms with E-state index < -0.39 is 0 Å². The molecule has 0 heterocycles. The third kappa shape index (κ3) is 3.29. The Bertz CT molecular complexity index is 474. The Hall–Kier alpha value is -0.940. The summed E-state index contributed by atoms with van der Waals surface area (Å²) in [6, 6.07) is 7.85. The number of amides is 1. The zero-order chi connectivity index (χ0) is 13.1. The van der Waals surface area contributed by atoms with Crippen molar-refractivity contribution < 1.29 is 4.79 Å². The molecular weight excluding hydrogens is 312 g/mol. The number of rotatable bonds is 5. The van der Waals surface area contributed by atoms with Gasteiger partial charge in [0.25, 0.3) is 5.91 Å². The van der Waals surface area contributed by atoms with Crippen LogP contribution in [0, 0.1) is 0 Å². The summed E-state index contributed by atoms with van der Waals surface area (Å²) in [6.07, 6.45) is 2.74. The summed E-state index contributed by atoms with van der Waals surface area (Å²) in [5.74, 6) is 0.0567. The minimum Gasteiger partial charge on any atom is -0.393 e. The Morgan fingerprint density at radius 1 is 1.44 bits per heavy atom. The van der Waals surface area contributed by atoms with E-state index in [1.807, 2.05) is 29.2 Å². The van der Waals surface area contributed by atoms with Crippen molar-refractivity contribution in [1.29, 1.82) is 0 Å². The number of carbonyl (C=O) groups is 1. The number of hydrogen-bond donors (Lipinski definition) is 1. The third-order valence-electron chi connectivity index (χ3n) is 2.95. The standard InChI is InChI=1S/C13H15BrN2OS/c14-11-4-2-1-3-10(11)13(17)16(9-5-6-9)8-7-12(15)18/h1-4,9H,5-8H2,(H2,15,18). The molecule has 0 spiro atoms. The van der Waals surface area contributed by atoms with E-state index in [-0.39, 0.29) is 5.91 Å². The summed E-state index contributed by atoms with van der Waals surface area (Å²) in [6.45, 7) is 0.611. The monoisotopic (exact) mass is 326 g/mol. The van der Waals surface area contributed by atoms with Gasteiger partial charge in [0, 0.05) is 23.5 Å². The van der Waals surface area contributed by atoms with Crippen LogP contribution in [-0.4, -0.2) is 28.4 Å². The van der Waals surface area contributed by atoms with E-state index in [1.165, 1.54) is 0 Å². The van der Waals surface area contributed by atoms with Crippen LogP contribution >= 0.6 is 28.1 Å². The van der Waals surface area contributed by atoms with Gasteiger partial charge in [0.1, 0.15) is 0 Å². The number of thiocarbonyl (C=S) groups is 1. The number of halogens is 1. The molecule has 5 heteroatoms. The van der Waals surface area contributed by atoms with Gasteiger partial charge in [0.05, 0.1) is 10.6 Å². The number of hydrogen-bond acceptors (Lipinski definition) is 2. The Labute approximate surface area is 120 Å². The second-order valence-electron chi connectivity index (χ2n) is 4.43. The molecule has 18 heavy (non-hydrogen) atoms. The first-order valence-electron chi connectivity index (χ1n) is 5.93. The van der Waals surface area contributed by atoms with Gasteiger partial charge >= 0.3 is 0 Å². The van der Waals surface area contributed by atoms with Crippen LogP contribution in [0.1, 0.15) is 29.6 Å². The van der Waals surface area contributed by atoms with Crippen molar-refractivity contribution in [2.24, 2.45) is 5.73 Å². The van der Waals surface area contributed by atoms with Crippen LogP contribution in [0.4, 0.5) is 0 Å². The molecule has 0 unspecified atom stereocenters. The molecule has 2 N–H and O–H groups in total. The van der Waals surface area contributed by atoms with Crippen molar-refractivity contribution in [3.63, 3.8) is 0 Å². The minimum atomic E-state index is 0.0567. The predicted molar refractivity (Wildman–Crippen MR) is 79.6 cm³/mol. The SMILES string of the molecule is NC(=S)CCN(C(=O)c1ccccc1Br)C1CC1. The van der Waals surface area contributed by atoms with Gasteiger partial charge in [-0.15, -0.1) is 0 Å². The van der Waals surface area contributed by atoms with Crippen LogP contribution in [0.5, 0.6) is 0 Å². The van der Waals surface area contributed by atoms with Gasteiger partial charge < -0.3 is 10.6 Å². The largest absolute Gasteiger partial charge is 0.393 e. The van der Waals surface area contributed by atoms with Crippen molar-refractivity contribution in [1.82, 2.24) is 4.90 Å². The summed E-state index contributed by atoms with van der Waals surface area (Å²) < 4.78 is 0.830. The van der Waals surface area contributed by atoms with E-state index in [2.05, 4.69) is 15.9 Å². The third-order valence-corrected chi connectivity index (χ3v) is 3.85. The second kappa shape index (κ2) is 5.80. The molecule has 3 nitrogen and oxygen atoms in total. The topological polar surface area (TPSA) is 46.3 Å². The van der Waals surface area contributed by atoms with Gasteiger partial charge in [-0.2, -0.15) is 0 Å². The first-order chi connectivity index (χ1) is 8.59. The first kappa shape index (κ1) is 13.5. The van der Waals surface area contributed by atoms with Gasteiger partial charge in [0.15, 0.2) is 0 Å². The van der Waals surface area contributed by atoms with Gasteiger partial charge in [-0.25, -0.2) is 0 Å². The Kier molecular flexibility index (Phi) is 4.35. The van der Waals surface area contributed by atoms with Crippen LogP contribution in [-0.2, 0) is 0 Å². The maximum atomic E-state index is 12.5.